The predicted octanol–water partition coefficient (Wildman–Crippen LogP) is 9.65. The molecule has 0 radical (unpaired) electrons. The van der Waals surface area contributed by atoms with Gasteiger partial charge in [-0.05, 0) is 51.4 Å². The Bertz CT molecular complexity index is 675. The van der Waals surface area contributed by atoms with Crippen molar-refractivity contribution in [3.63, 3.8) is 0 Å². The fourth-order valence-corrected chi connectivity index (χ4v) is 5.28. The number of unbranched alkanes of at least 4 members (excludes halogenated alkanes) is 19. The van der Waals surface area contributed by atoms with E-state index >= 15 is 0 Å². The van der Waals surface area contributed by atoms with Gasteiger partial charge >= 0.3 is 0 Å². The van der Waals surface area contributed by atoms with E-state index in [0.717, 1.165) is 44.9 Å². The second-order valence-corrected chi connectivity index (χ2v) is 12.5. The summed E-state index contributed by atoms with van der Waals surface area (Å²) in [6, 6.07) is -0.764. The molecule has 0 bridgehead atoms. The third kappa shape index (κ3) is 30.4. The number of aliphatic hydroxyl groups is 3. The van der Waals surface area contributed by atoms with Crippen LogP contribution in [0.3, 0.4) is 0 Å². The maximum atomic E-state index is 12.3. The van der Waals surface area contributed by atoms with E-state index in [9.17, 15) is 20.1 Å². The van der Waals surface area contributed by atoms with E-state index in [2.05, 4.69) is 43.5 Å². The number of nitrogens with one attached hydrogen (secondary N) is 1. The Labute approximate surface area is 266 Å². The smallest absolute Gasteiger partial charge is 0.222 e. The van der Waals surface area contributed by atoms with Crippen molar-refractivity contribution in [2.75, 3.05) is 6.61 Å². The van der Waals surface area contributed by atoms with Crippen LogP contribution in [0, 0.1) is 0 Å². The van der Waals surface area contributed by atoms with Gasteiger partial charge in [0.05, 0.1) is 31.3 Å². The summed E-state index contributed by atoms with van der Waals surface area (Å²) < 4.78 is 0. The Morgan fingerprint density at radius 2 is 1.02 bits per heavy atom. The molecule has 3 atom stereocenters. The highest BCUT2D eigenvalue weighted by Crippen LogP contribution is 2.14. The molecule has 0 saturated heterocycles. The molecule has 5 heteroatoms. The van der Waals surface area contributed by atoms with Crippen LogP contribution in [0.5, 0.6) is 0 Å². The summed E-state index contributed by atoms with van der Waals surface area (Å²) in [5, 5.41) is 32.8. The topological polar surface area (TPSA) is 89.8 Å². The molecule has 0 spiro atoms. The number of rotatable bonds is 32. The highest BCUT2D eigenvalue weighted by Gasteiger charge is 2.20. The molecule has 0 aliphatic carbocycles. The summed E-state index contributed by atoms with van der Waals surface area (Å²) in [7, 11) is 0. The van der Waals surface area contributed by atoms with Gasteiger partial charge in [0.1, 0.15) is 0 Å². The van der Waals surface area contributed by atoms with E-state index in [4.69, 9.17) is 0 Å². The van der Waals surface area contributed by atoms with Crippen LogP contribution in [0.1, 0.15) is 174 Å². The number of carbonyl (C=O) groups excluding carboxylic acids is 1. The molecule has 0 rings (SSSR count). The van der Waals surface area contributed by atoms with Crippen LogP contribution >= 0.6 is 0 Å². The van der Waals surface area contributed by atoms with E-state index in [1.165, 1.54) is 103 Å². The average Bonchev–Trinajstić information content (AvgIpc) is 3.00. The zero-order chi connectivity index (χ0) is 31.6. The van der Waals surface area contributed by atoms with E-state index in [1.54, 1.807) is 6.08 Å². The molecule has 0 aliphatic rings. The molecular weight excluding hydrogens is 534 g/mol. The van der Waals surface area contributed by atoms with Gasteiger partial charge in [-0.3, -0.25) is 4.79 Å². The van der Waals surface area contributed by atoms with Crippen LogP contribution < -0.4 is 5.32 Å². The molecule has 1 amide bonds. The van der Waals surface area contributed by atoms with Crippen molar-refractivity contribution >= 4 is 5.91 Å². The van der Waals surface area contributed by atoms with Crippen LogP contribution in [0.4, 0.5) is 0 Å². The molecular formula is C38H71NO4. The highest BCUT2D eigenvalue weighted by molar-refractivity contribution is 5.76. The molecule has 4 N–H and O–H groups in total. The first-order chi connectivity index (χ1) is 21.0. The molecule has 43 heavy (non-hydrogen) atoms. The zero-order valence-electron chi connectivity index (χ0n) is 28.3. The first kappa shape index (κ1) is 41.6. The van der Waals surface area contributed by atoms with Gasteiger partial charge in [-0.25, -0.2) is 0 Å². The van der Waals surface area contributed by atoms with Gasteiger partial charge < -0.3 is 20.6 Å². The second-order valence-electron chi connectivity index (χ2n) is 12.5. The number of aliphatic hydroxyl groups excluding tert-OH is 3. The highest BCUT2D eigenvalue weighted by atomic mass is 16.3. The van der Waals surface area contributed by atoms with Crippen molar-refractivity contribution in [3.8, 4) is 0 Å². The Kier molecular flexibility index (Phi) is 32.3. The molecule has 0 heterocycles. The van der Waals surface area contributed by atoms with Crippen LogP contribution in [0.25, 0.3) is 0 Å². The van der Waals surface area contributed by atoms with Gasteiger partial charge in [-0.1, -0.05) is 153 Å². The van der Waals surface area contributed by atoms with Crippen molar-refractivity contribution in [2.24, 2.45) is 0 Å². The molecule has 3 unspecified atom stereocenters. The molecule has 252 valence electrons. The van der Waals surface area contributed by atoms with Gasteiger partial charge in [0.15, 0.2) is 0 Å². The van der Waals surface area contributed by atoms with Crippen molar-refractivity contribution in [1.82, 2.24) is 5.32 Å². The second kappa shape index (κ2) is 33.5. The van der Waals surface area contributed by atoms with Crippen LogP contribution in [-0.4, -0.2) is 46.1 Å². The van der Waals surface area contributed by atoms with Gasteiger partial charge in [0, 0.05) is 0 Å². The largest absolute Gasteiger partial charge is 0.394 e. The molecule has 0 aromatic carbocycles. The molecule has 0 aliphatic heterocycles. The number of hydrogen-bond acceptors (Lipinski definition) is 4. The van der Waals surface area contributed by atoms with Gasteiger partial charge in [-0.15, -0.1) is 0 Å². The van der Waals surface area contributed by atoms with Gasteiger partial charge in [0.2, 0.25) is 5.91 Å². The molecule has 5 nitrogen and oxygen atoms in total. The average molecular weight is 606 g/mol. The minimum atomic E-state index is -0.954. The third-order valence-corrected chi connectivity index (χ3v) is 8.15. The van der Waals surface area contributed by atoms with E-state index < -0.39 is 18.2 Å². The summed E-state index contributed by atoms with van der Waals surface area (Å²) in [5.74, 6) is -0.343. The summed E-state index contributed by atoms with van der Waals surface area (Å²) in [6.07, 6.45) is 40.0. The summed E-state index contributed by atoms with van der Waals surface area (Å²) in [5.41, 5.74) is 0. The molecule has 0 saturated carbocycles. The Balaban J connectivity index is 3.76. The summed E-state index contributed by atoms with van der Waals surface area (Å²) >= 11 is 0. The quantitative estimate of drug-likeness (QED) is 0.0454. The fourth-order valence-electron chi connectivity index (χ4n) is 5.28. The summed E-state index contributed by atoms with van der Waals surface area (Å²) in [4.78, 5) is 12.3. The minimum absolute atomic E-state index is 0.0105. The number of allylic oxidation sites excluding steroid dienone is 5. The number of amides is 1. The van der Waals surface area contributed by atoms with Crippen molar-refractivity contribution < 1.29 is 20.1 Å². The maximum Gasteiger partial charge on any atom is 0.222 e. The van der Waals surface area contributed by atoms with Crippen molar-refractivity contribution in [2.45, 2.75) is 193 Å². The van der Waals surface area contributed by atoms with E-state index in [0.29, 0.717) is 6.42 Å². The molecule has 0 aromatic heterocycles. The Morgan fingerprint density at radius 3 is 1.56 bits per heavy atom. The lowest BCUT2D eigenvalue weighted by molar-refractivity contribution is -0.124. The molecule has 0 fully saturated rings. The van der Waals surface area contributed by atoms with Gasteiger partial charge in [-0.2, -0.15) is 0 Å². The van der Waals surface area contributed by atoms with Crippen LogP contribution in [0.15, 0.2) is 36.5 Å². The monoisotopic (exact) mass is 606 g/mol. The number of carbonyl (C=O) groups is 1. The number of hydrogen-bond donors (Lipinski definition) is 4. The lowest BCUT2D eigenvalue weighted by atomic mass is 10.0. The Hall–Kier alpha value is -1.43. The molecule has 0 aromatic rings. The SMILES string of the molecule is CCCC/C=C\CCCCC(O)CC(=O)NC(CO)C(O)/C=C/CC/C=C/CCCCCCCCCCCCCCCC. The Morgan fingerprint density at radius 1 is 0.581 bits per heavy atom. The van der Waals surface area contributed by atoms with Gasteiger partial charge in [0.25, 0.3) is 0 Å². The zero-order valence-corrected chi connectivity index (χ0v) is 28.3. The van der Waals surface area contributed by atoms with Crippen molar-refractivity contribution in [3.05, 3.63) is 36.5 Å². The van der Waals surface area contributed by atoms with E-state index in [-0.39, 0.29) is 18.9 Å². The normalized spacial score (nSPS) is 14.3. The lowest BCUT2D eigenvalue weighted by Crippen LogP contribution is -2.45. The lowest BCUT2D eigenvalue weighted by Gasteiger charge is -2.20. The first-order valence-corrected chi connectivity index (χ1v) is 18.3. The minimum Gasteiger partial charge on any atom is -0.394 e. The summed E-state index contributed by atoms with van der Waals surface area (Å²) in [6.45, 7) is 4.12. The first-order valence-electron chi connectivity index (χ1n) is 18.3. The predicted molar refractivity (Wildman–Crippen MR) is 185 cm³/mol. The van der Waals surface area contributed by atoms with E-state index in [1.807, 2.05) is 6.08 Å². The van der Waals surface area contributed by atoms with Crippen LogP contribution in [0.2, 0.25) is 0 Å². The standard InChI is InChI=1S/C38H71NO4/c1-3-5-7-9-11-13-14-15-16-17-18-19-20-21-22-23-24-26-28-30-32-37(42)36(34-40)39-38(43)33-35(41)31-29-27-25-12-10-8-6-4-2/h10,12,23-24,30,32,35-37,40-42H,3-9,11,13-22,25-29,31,33-34H2,1-2H3,(H,39,43)/b12-10-,24-23+,32-30+. The van der Waals surface area contributed by atoms with Crippen molar-refractivity contribution in [1.29, 1.82) is 0 Å². The van der Waals surface area contributed by atoms with Crippen LogP contribution in [-0.2, 0) is 4.79 Å². The third-order valence-electron chi connectivity index (χ3n) is 8.15. The maximum absolute atomic E-state index is 12.3. The fraction of sp³-hybridized carbons (Fsp3) is 0.816.